The van der Waals surface area contributed by atoms with Gasteiger partial charge in [0.25, 0.3) is 10.0 Å². The average molecular weight is 607 g/mol. The highest BCUT2D eigenvalue weighted by molar-refractivity contribution is 7.92. The first-order chi connectivity index (χ1) is 19.1. The maximum Gasteiger partial charge on any atom is 0.264 e. The van der Waals surface area contributed by atoms with Crippen LogP contribution in [0.25, 0.3) is 0 Å². The normalized spacial score (nSPS) is 14.5. The van der Waals surface area contributed by atoms with E-state index >= 15 is 0 Å². The first-order valence-corrected chi connectivity index (χ1v) is 15.1. The molecule has 1 saturated carbocycles. The Kier molecular flexibility index (Phi) is 9.71. The van der Waals surface area contributed by atoms with Crippen molar-refractivity contribution in [2.75, 3.05) is 10.8 Å². The van der Waals surface area contributed by atoms with Crippen molar-refractivity contribution in [1.29, 1.82) is 0 Å². The fraction of sp³-hybridized carbons (Fsp3) is 0.310. The number of amides is 2. The molecule has 11 heteroatoms. The second-order valence-electron chi connectivity index (χ2n) is 9.69. The summed E-state index contributed by atoms with van der Waals surface area (Å²) < 4.78 is 41.9. The van der Waals surface area contributed by atoms with Crippen LogP contribution in [0, 0.1) is 5.82 Å². The SMILES string of the molecule is C[C@@H](C(=O)NC1CCCC1)N(Cc1c(Cl)cccc1Cl)C(=O)CN(c1ccccc1)S(=O)(=O)c1ccc(F)cc1. The van der Waals surface area contributed by atoms with Crippen LogP contribution in [0.5, 0.6) is 0 Å². The van der Waals surface area contributed by atoms with Crippen molar-refractivity contribution in [3.05, 3.63) is 94.2 Å². The minimum Gasteiger partial charge on any atom is -0.352 e. The molecule has 1 N–H and O–H groups in total. The lowest BCUT2D eigenvalue weighted by Gasteiger charge is -2.33. The van der Waals surface area contributed by atoms with Crippen LogP contribution in [-0.4, -0.2) is 43.8 Å². The Morgan fingerprint density at radius 1 is 0.950 bits per heavy atom. The van der Waals surface area contributed by atoms with Crippen LogP contribution in [0.3, 0.4) is 0 Å². The zero-order valence-electron chi connectivity index (χ0n) is 21.9. The third-order valence-corrected chi connectivity index (χ3v) is 9.48. The van der Waals surface area contributed by atoms with Gasteiger partial charge in [0, 0.05) is 28.2 Å². The van der Waals surface area contributed by atoms with E-state index in [0.29, 0.717) is 15.6 Å². The lowest BCUT2D eigenvalue weighted by Crippen LogP contribution is -2.52. The molecule has 1 aliphatic carbocycles. The van der Waals surface area contributed by atoms with Crippen LogP contribution >= 0.6 is 23.2 Å². The molecule has 40 heavy (non-hydrogen) atoms. The van der Waals surface area contributed by atoms with Gasteiger partial charge in [0.15, 0.2) is 0 Å². The summed E-state index contributed by atoms with van der Waals surface area (Å²) in [6.07, 6.45) is 3.76. The Hall–Kier alpha value is -3.14. The number of benzene rings is 3. The van der Waals surface area contributed by atoms with Crippen LogP contribution in [-0.2, 0) is 26.2 Å². The molecule has 0 radical (unpaired) electrons. The van der Waals surface area contributed by atoms with Gasteiger partial charge in [0.2, 0.25) is 11.8 Å². The third kappa shape index (κ3) is 6.95. The van der Waals surface area contributed by atoms with E-state index in [1.54, 1.807) is 55.5 Å². The lowest BCUT2D eigenvalue weighted by molar-refractivity contribution is -0.139. The highest BCUT2D eigenvalue weighted by Gasteiger charge is 2.34. The van der Waals surface area contributed by atoms with Gasteiger partial charge in [0.1, 0.15) is 18.4 Å². The number of sulfonamides is 1. The van der Waals surface area contributed by atoms with E-state index in [1.807, 2.05) is 0 Å². The minimum absolute atomic E-state index is 0.0236. The average Bonchev–Trinajstić information content (AvgIpc) is 3.45. The molecule has 0 bridgehead atoms. The van der Waals surface area contributed by atoms with Gasteiger partial charge in [-0.2, -0.15) is 0 Å². The van der Waals surface area contributed by atoms with E-state index in [-0.39, 0.29) is 29.1 Å². The van der Waals surface area contributed by atoms with Gasteiger partial charge in [-0.15, -0.1) is 0 Å². The molecule has 1 fully saturated rings. The molecule has 7 nitrogen and oxygen atoms in total. The first kappa shape index (κ1) is 29.8. The molecule has 3 aromatic carbocycles. The number of hydrogen-bond acceptors (Lipinski definition) is 4. The molecule has 0 unspecified atom stereocenters. The predicted octanol–water partition coefficient (Wildman–Crippen LogP) is 5.80. The Morgan fingerprint density at radius 2 is 1.55 bits per heavy atom. The van der Waals surface area contributed by atoms with Crippen molar-refractivity contribution in [2.24, 2.45) is 0 Å². The molecule has 0 heterocycles. The molecule has 212 valence electrons. The molecular weight excluding hydrogens is 576 g/mol. The van der Waals surface area contributed by atoms with E-state index in [1.165, 1.54) is 4.90 Å². The number of rotatable bonds is 10. The van der Waals surface area contributed by atoms with E-state index in [0.717, 1.165) is 54.3 Å². The monoisotopic (exact) mass is 605 g/mol. The fourth-order valence-electron chi connectivity index (χ4n) is 4.69. The summed E-state index contributed by atoms with van der Waals surface area (Å²) in [5.74, 6) is -1.58. The van der Waals surface area contributed by atoms with Gasteiger partial charge < -0.3 is 10.2 Å². The maximum absolute atomic E-state index is 14.0. The van der Waals surface area contributed by atoms with Crippen LogP contribution in [0.15, 0.2) is 77.7 Å². The van der Waals surface area contributed by atoms with Crippen molar-refractivity contribution < 1.29 is 22.4 Å². The van der Waals surface area contributed by atoms with Crippen molar-refractivity contribution in [2.45, 2.75) is 56.1 Å². The summed E-state index contributed by atoms with van der Waals surface area (Å²) in [6, 6.07) is 16.5. The van der Waals surface area contributed by atoms with Gasteiger partial charge in [-0.1, -0.05) is 60.3 Å². The molecule has 0 aromatic heterocycles. The van der Waals surface area contributed by atoms with Crippen molar-refractivity contribution in [3.8, 4) is 0 Å². The molecule has 0 saturated heterocycles. The summed E-state index contributed by atoms with van der Waals surface area (Å²) in [5.41, 5.74) is 0.673. The highest BCUT2D eigenvalue weighted by Crippen LogP contribution is 2.28. The lowest BCUT2D eigenvalue weighted by atomic mass is 10.1. The topological polar surface area (TPSA) is 86.8 Å². The smallest absolute Gasteiger partial charge is 0.264 e. The predicted molar refractivity (Wildman–Crippen MR) is 154 cm³/mol. The zero-order valence-corrected chi connectivity index (χ0v) is 24.2. The van der Waals surface area contributed by atoms with Crippen LogP contribution in [0.4, 0.5) is 10.1 Å². The molecule has 2 amide bonds. The van der Waals surface area contributed by atoms with Crippen molar-refractivity contribution >= 4 is 50.7 Å². The van der Waals surface area contributed by atoms with E-state index in [9.17, 15) is 22.4 Å². The molecule has 0 spiro atoms. The largest absolute Gasteiger partial charge is 0.352 e. The van der Waals surface area contributed by atoms with E-state index in [2.05, 4.69) is 5.32 Å². The number of nitrogens with zero attached hydrogens (tertiary/aromatic N) is 2. The molecule has 4 rings (SSSR count). The number of para-hydroxylation sites is 1. The summed E-state index contributed by atoms with van der Waals surface area (Å²) in [7, 11) is -4.29. The number of carbonyl (C=O) groups excluding carboxylic acids is 2. The van der Waals surface area contributed by atoms with Crippen LogP contribution in [0.1, 0.15) is 38.2 Å². The Morgan fingerprint density at radius 3 is 2.15 bits per heavy atom. The number of nitrogens with one attached hydrogen (secondary N) is 1. The molecule has 0 aliphatic heterocycles. The maximum atomic E-state index is 14.0. The van der Waals surface area contributed by atoms with Gasteiger partial charge in [-0.25, -0.2) is 12.8 Å². The number of carbonyl (C=O) groups is 2. The Labute approximate surface area is 243 Å². The summed E-state index contributed by atoms with van der Waals surface area (Å²) in [6.45, 7) is 0.858. The minimum atomic E-state index is -4.29. The van der Waals surface area contributed by atoms with Gasteiger partial charge >= 0.3 is 0 Å². The fourth-order valence-corrected chi connectivity index (χ4v) is 6.62. The Balaban J connectivity index is 1.69. The second-order valence-corrected chi connectivity index (χ2v) is 12.4. The summed E-state index contributed by atoms with van der Waals surface area (Å²) in [4.78, 5) is 28.3. The standard InChI is InChI=1S/C29H30Cl2FN3O4S/c1-20(29(37)33-22-8-5-6-9-22)34(18-25-26(30)12-7-13-27(25)31)28(36)19-35(23-10-3-2-4-11-23)40(38,39)24-16-14-21(32)15-17-24/h2-4,7,10-17,20,22H,5-6,8-9,18-19H2,1H3,(H,33,37)/t20-/m0/s1. The zero-order chi connectivity index (χ0) is 28.9. The summed E-state index contributed by atoms with van der Waals surface area (Å²) in [5, 5.41) is 3.63. The van der Waals surface area contributed by atoms with Crippen molar-refractivity contribution in [3.63, 3.8) is 0 Å². The van der Waals surface area contributed by atoms with Gasteiger partial charge in [-0.05, 0) is 68.3 Å². The van der Waals surface area contributed by atoms with E-state index in [4.69, 9.17) is 23.2 Å². The Bertz CT molecular complexity index is 1430. The third-order valence-electron chi connectivity index (χ3n) is 6.98. The van der Waals surface area contributed by atoms with Crippen LogP contribution in [0.2, 0.25) is 10.0 Å². The summed E-state index contributed by atoms with van der Waals surface area (Å²) >= 11 is 12.8. The quantitative estimate of drug-likeness (QED) is 0.316. The van der Waals surface area contributed by atoms with Gasteiger partial charge in [0.05, 0.1) is 10.6 Å². The van der Waals surface area contributed by atoms with E-state index < -0.39 is 34.3 Å². The number of anilines is 1. The van der Waals surface area contributed by atoms with Gasteiger partial charge in [-0.3, -0.25) is 13.9 Å². The number of hydrogen-bond donors (Lipinski definition) is 1. The second kappa shape index (κ2) is 13.0. The highest BCUT2D eigenvalue weighted by atomic mass is 35.5. The molecule has 3 aromatic rings. The first-order valence-electron chi connectivity index (χ1n) is 12.9. The number of halogens is 3. The van der Waals surface area contributed by atoms with Crippen LogP contribution < -0.4 is 9.62 Å². The molecule has 1 aliphatic rings. The molecule has 1 atom stereocenters. The van der Waals surface area contributed by atoms with Crippen molar-refractivity contribution in [1.82, 2.24) is 10.2 Å². The molecular formula is C29H30Cl2FN3O4S.